The number of aromatic nitrogens is 8. The molecule has 4 aromatic heterocycles. The zero-order valence-corrected chi connectivity index (χ0v) is 25.5. The molecule has 254 valence electrons. The minimum absolute atomic E-state index is 0.00680. The third kappa shape index (κ3) is 5.67. The smallest absolute Gasteiger partial charge is 0.343 e. The number of imidazole rings is 1. The second-order valence-electron chi connectivity index (χ2n) is 13.6. The summed E-state index contributed by atoms with van der Waals surface area (Å²) in [4.78, 5) is 35.7. The Balaban J connectivity index is 1.11. The molecule has 0 spiro atoms. The summed E-state index contributed by atoms with van der Waals surface area (Å²) in [6.07, 6.45) is 2.08. The van der Waals surface area contributed by atoms with Crippen LogP contribution in [0.4, 0.5) is 22.0 Å². The molecule has 5 heterocycles. The van der Waals surface area contributed by atoms with Crippen LogP contribution in [0.5, 0.6) is 0 Å². The number of fused-ring (bicyclic) bond motifs is 1. The van der Waals surface area contributed by atoms with Gasteiger partial charge in [-0.25, -0.2) is 32.6 Å². The molecule has 3 atom stereocenters. The van der Waals surface area contributed by atoms with E-state index in [9.17, 15) is 31.5 Å². The number of carbonyl (C=O) groups excluding carboxylic acids is 2. The van der Waals surface area contributed by atoms with E-state index in [4.69, 9.17) is 9.61 Å². The minimum Gasteiger partial charge on any atom is -0.343 e. The first kappa shape index (κ1) is 30.8. The van der Waals surface area contributed by atoms with Gasteiger partial charge in [-0.2, -0.15) is 23.4 Å². The predicted molar refractivity (Wildman–Crippen MR) is 153 cm³/mol. The van der Waals surface area contributed by atoms with Crippen LogP contribution in [0.2, 0.25) is 0 Å². The van der Waals surface area contributed by atoms with Gasteiger partial charge < -0.3 is 10.6 Å². The summed E-state index contributed by atoms with van der Waals surface area (Å²) in [7, 11) is 0. The molecule has 3 aliphatic carbocycles. The molecule has 0 aromatic carbocycles. The summed E-state index contributed by atoms with van der Waals surface area (Å²) >= 11 is 0. The Hall–Kier alpha value is -4.51. The van der Waals surface area contributed by atoms with E-state index in [1.807, 2.05) is 0 Å². The van der Waals surface area contributed by atoms with Crippen molar-refractivity contribution in [3.63, 3.8) is 0 Å². The van der Waals surface area contributed by atoms with Gasteiger partial charge in [0.25, 0.3) is 5.91 Å². The number of rotatable bonds is 9. The maximum absolute atomic E-state index is 14.1. The van der Waals surface area contributed by atoms with Crippen LogP contribution in [0.3, 0.4) is 0 Å². The van der Waals surface area contributed by atoms with Crippen molar-refractivity contribution in [2.75, 3.05) is 0 Å². The number of hydrogen-bond donors (Lipinski definition) is 2. The van der Waals surface area contributed by atoms with Crippen LogP contribution in [0.1, 0.15) is 109 Å². The molecule has 4 fully saturated rings. The van der Waals surface area contributed by atoms with Gasteiger partial charge in [-0.1, -0.05) is 5.16 Å². The van der Waals surface area contributed by atoms with E-state index in [0.29, 0.717) is 22.6 Å². The van der Waals surface area contributed by atoms with E-state index in [2.05, 4.69) is 36.1 Å². The molecular weight excluding hydrogens is 643 g/mol. The van der Waals surface area contributed by atoms with E-state index < -0.39 is 47.8 Å². The summed E-state index contributed by atoms with van der Waals surface area (Å²) in [6.45, 7) is 0. The van der Waals surface area contributed by atoms with Gasteiger partial charge in [-0.15, -0.1) is 0 Å². The largest absolute Gasteiger partial charge is 0.408 e. The first-order chi connectivity index (χ1) is 22.9. The fourth-order valence-electron chi connectivity index (χ4n) is 6.97. The second-order valence-corrected chi connectivity index (χ2v) is 13.6. The van der Waals surface area contributed by atoms with E-state index in [1.165, 1.54) is 17.0 Å². The maximum Gasteiger partial charge on any atom is 0.408 e. The highest BCUT2D eigenvalue weighted by Gasteiger charge is 2.58. The highest BCUT2D eigenvalue weighted by atomic mass is 19.4. The Morgan fingerprint density at radius 1 is 1.12 bits per heavy atom. The molecular formula is C30H31F5N10O3. The van der Waals surface area contributed by atoms with E-state index in [-0.39, 0.29) is 61.5 Å². The van der Waals surface area contributed by atoms with Gasteiger partial charge in [0.2, 0.25) is 11.8 Å². The fourth-order valence-corrected chi connectivity index (χ4v) is 6.97. The van der Waals surface area contributed by atoms with Crippen molar-refractivity contribution in [3.8, 4) is 0 Å². The van der Waals surface area contributed by atoms with Crippen LogP contribution in [0.15, 0.2) is 29.4 Å². The molecule has 2 N–H and O–H groups in total. The van der Waals surface area contributed by atoms with Crippen LogP contribution in [-0.2, 0) is 16.6 Å². The maximum atomic E-state index is 14.1. The number of halogens is 5. The number of hydrogen-bond acceptors (Lipinski definition) is 9. The van der Waals surface area contributed by atoms with Crippen LogP contribution in [0, 0.1) is 5.92 Å². The molecule has 0 bridgehead atoms. The lowest BCUT2D eigenvalue weighted by Gasteiger charge is -2.33. The van der Waals surface area contributed by atoms with Crippen LogP contribution in [0.25, 0.3) is 5.65 Å². The Morgan fingerprint density at radius 3 is 2.58 bits per heavy atom. The highest BCUT2D eigenvalue weighted by molar-refractivity contribution is 5.93. The van der Waals surface area contributed by atoms with Crippen molar-refractivity contribution in [1.82, 2.24) is 50.3 Å². The SMILES string of the molecule is O=C(N[C@H](c1cn2ncc(C[C@@]3(c4ncn(C5CC5)n4)C[C@@H](C(F)(F)F)NC3=O)cc2n1)C1CCC(F)(F)CC1)c1nonc1C1CC1. The van der Waals surface area contributed by atoms with Gasteiger partial charge in [0, 0.05) is 18.8 Å². The Morgan fingerprint density at radius 2 is 1.90 bits per heavy atom. The van der Waals surface area contributed by atoms with Gasteiger partial charge in [-0.05, 0) is 74.1 Å². The number of alkyl halides is 5. The molecule has 0 radical (unpaired) electrons. The fraction of sp³-hybridized carbons (Fsp3) is 0.600. The third-order valence-corrected chi connectivity index (χ3v) is 9.98. The van der Waals surface area contributed by atoms with Crippen molar-refractivity contribution in [3.05, 3.63) is 53.3 Å². The standard InChI is InChI=1S/C30H31F5N10O3/c31-29(32)7-5-17(6-8-29)22(40-25(46)24-23(16-1-2-16)42-48-43-24)19-13-44-21(38-19)9-15(12-37-44)10-28(11-20(30(33,34)35)39-27(28)47)26-36-14-45(41-26)18-3-4-18/h9,12-14,16-18,20,22H,1-8,10-11H2,(H,39,47)(H,40,46)/t20-,22-,28-/m0/s1. The molecule has 0 unspecified atom stereocenters. The van der Waals surface area contributed by atoms with E-state index in [0.717, 1.165) is 25.7 Å². The van der Waals surface area contributed by atoms with Crippen molar-refractivity contribution < 1.29 is 36.2 Å². The van der Waals surface area contributed by atoms with Crippen LogP contribution in [-0.4, -0.2) is 69.6 Å². The van der Waals surface area contributed by atoms with Crippen LogP contribution >= 0.6 is 0 Å². The number of carbonyl (C=O) groups is 2. The molecule has 4 aliphatic rings. The summed E-state index contributed by atoms with van der Waals surface area (Å²) in [6, 6.07) is -1.14. The van der Waals surface area contributed by atoms with Crippen molar-refractivity contribution in [2.24, 2.45) is 5.92 Å². The molecule has 8 rings (SSSR count). The van der Waals surface area contributed by atoms with Gasteiger partial charge >= 0.3 is 6.18 Å². The normalized spacial score (nSPS) is 25.4. The van der Waals surface area contributed by atoms with Gasteiger partial charge in [0.05, 0.1) is 30.2 Å². The average Bonchev–Trinajstić information content (AvgIpc) is 3.86. The van der Waals surface area contributed by atoms with Crippen molar-refractivity contribution in [1.29, 1.82) is 0 Å². The molecule has 18 heteroatoms. The lowest BCUT2D eigenvalue weighted by atomic mass is 9.78. The van der Waals surface area contributed by atoms with E-state index >= 15 is 0 Å². The number of nitrogens with zero attached hydrogens (tertiary/aromatic N) is 8. The number of nitrogens with one attached hydrogen (secondary N) is 2. The monoisotopic (exact) mass is 674 g/mol. The summed E-state index contributed by atoms with van der Waals surface area (Å²) < 4.78 is 77.6. The third-order valence-electron chi connectivity index (χ3n) is 9.98. The van der Waals surface area contributed by atoms with Gasteiger partial charge in [-0.3, -0.25) is 9.59 Å². The molecule has 13 nitrogen and oxygen atoms in total. The predicted octanol–water partition coefficient (Wildman–Crippen LogP) is 4.14. The Kier molecular flexibility index (Phi) is 7.07. The zero-order chi connectivity index (χ0) is 33.4. The lowest BCUT2D eigenvalue weighted by molar-refractivity contribution is -0.155. The average molecular weight is 675 g/mol. The van der Waals surface area contributed by atoms with Crippen LogP contribution < -0.4 is 10.6 Å². The van der Waals surface area contributed by atoms with Crippen molar-refractivity contribution in [2.45, 2.75) is 106 Å². The second kappa shape index (κ2) is 11.0. The minimum atomic E-state index is -4.67. The summed E-state index contributed by atoms with van der Waals surface area (Å²) in [5.41, 5.74) is -0.129. The van der Waals surface area contributed by atoms with Gasteiger partial charge in [0.15, 0.2) is 17.2 Å². The first-order valence-corrected chi connectivity index (χ1v) is 16.0. The first-order valence-electron chi connectivity index (χ1n) is 16.0. The molecule has 1 aliphatic heterocycles. The Bertz CT molecular complexity index is 1870. The molecule has 48 heavy (non-hydrogen) atoms. The Labute approximate surface area is 269 Å². The summed E-state index contributed by atoms with van der Waals surface area (Å²) in [5, 5.41) is 21.6. The highest BCUT2D eigenvalue weighted by Crippen LogP contribution is 2.44. The summed E-state index contributed by atoms with van der Waals surface area (Å²) in [5.74, 6) is -4.47. The molecule has 3 saturated carbocycles. The van der Waals surface area contributed by atoms with E-state index in [1.54, 1.807) is 16.9 Å². The van der Waals surface area contributed by atoms with Crippen molar-refractivity contribution >= 4 is 17.5 Å². The topological polar surface area (TPSA) is 158 Å². The quantitative estimate of drug-likeness (QED) is 0.249. The lowest BCUT2D eigenvalue weighted by Crippen LogP contribution is -2.40. The van der Waals surface area contributed by atoms with Gasteiger partial charge in [0.1, 0.15) is 23.5 Å². The molecule has 1 saturated heterocycles. The molecule has 4 aromatic rings. The zero-order valence-electron chi connectivity index (χ0n) is 25.5. The number of amides is 2. The molecule has 2 amide bonds.